The van der Waals surface area contributed by atoms with Crippen molar-refractivity contribution in [1.29, 1.82) is 0 Å². The van der Waals surface area contributed by atoms with Crippen LogP contribution >= 0.6 is 0 Å². The van der Waals surface area contributed by atoms with Crippen LogP contribution in [0.2, 0.25) is 0 Å². The van der Waals surface area contributed by atoms with Crippen LogP contribution < -0.4 is 18.9 Å². The molecular formula is C35H54AlLiN2O7. The van der Waals surface area contributed by atoms with E-state index in [1.165, 1.54) is 12.7 Å². The summed E-state index contributed by atoms with van der Waals surface area (Å²) >= 11 is 0. The SMILES string of the molecule is CC(C)(C)OC(=O)N1CCC(c2ccccc2CO)CC1.COC(=O)c1ccccc1C1CCN(C(=O)OC(C)(C)C)CC1.[AlH3].[H-].[Li+]. The number of aliphatic hydroxyl groups excluding tert-OH is 1. The zero-order valence-electron chi connectivity index (χ0n) is 29.4. The molecule has 1 N–H and O–H groups in total. The Kier molecular flexibility index (Phi) is 17.0. The first-order valence-electron chi connectivity index (χ1n) is 15.5. The van der Waals surface area contributed by atoms with Gasteiger partial charge in [0.05, 0.1) is 19.3 Å². The number of ether oxygens (including phenoxy) is 3. The summed E-state index contributed by atoms with van der Waals surface area (Å²) in [5.41, 5.74) is 2.90. The van der Waals surface area contributed by atoms with Crippen LogP contribution in [0.25, 0.3) is 0 Å². The van der Waals surface area contributed by atoms with Gasteiger partial charge >= 0.3 is 37.0 Å². The topological polar surface area (TPSA) is 106 Å². The summed E-state index contributed by atoms with van der Waals surface area (Å²) in [6.07, 6.45) is 2.96. The fraction of sp³-hybridized carbons (Fsp3) is 0.571. The van der Waals surface area contributed by atoms with Crippen molar-refractivity contribution in [2.75, 3.05) is 33.3 Å². The standard InChI is InChI=1S/C18H25NO4.C17H25NO3.Al.Li.4H/c1-18(2,3)23-17(21)19-11-9-13(10-12-19)14-7-5-6-8-15(14)16(20)22-4;1-17(2,3)21-16(20)18-10-8-13(9-11-18)15-7-5-4-6-14(15)12-19;;;;;;/h5-8,13H,9-12H2,1-4H3;4-7,13,19H,8-12H2,1-3H3;;;;;;/q;;;+1;;;;-1. The van der Waals surface area contributed by atoms with E-state index < -0.39 is 11.2 Å². The number of carbonyl (C=O) groups excluding carboxylic acids is 3. The molecule has 2 aromatic carbocycles. The average Bonchev–Trinajstić information content (AvgIpc) is 2.99. The molecule has 0 unspecified atom stereocenters. The molecule has 2 aliphatic rings. The van der Waals surface area contributed by atoms with E-state index in [2.05, 4.69) is 6.07 Å². The number of aliphatic hydroxyl groups is 1. The number of esters is 1. The number of hydrogen-bond acceptors (Lipinski definition) is 7. The molecule has 0 atom stereocenters. The van der Waals surface area contributed by atoms with Gasteiger partial charge < -0.3 is 30.5 Å². The summed E-state index contributed by atoms with van der Waals surface area (Å²) in [5, 5.41) is 9.43. The Morgan fingerprint density at radius 1 is 0.739 bits per heavy atom. The molecule has 0 radical (unpaired) electrons. The zero-order valence-corrected chi connectivity index (χ0v) is 28.4. The summed E-state index contributed by atoms with van der Waals surface area (Å²) in [4.78, 5) is 39.6. The maximum absolute atomic E-state index is 12.1. The number of rotatable bonds is 4. The van der Waals surface area contributed by atoms with Crippen LogP contribution in [-0.2, 0) is 20.8 Å². The number of likely N-dealkylation sites (tertiary alicyclic amines) is 2. The number of methoxy groups -OCH3 is 1. The fourth-order valence-electron chi connectivity index (χ4n) is 5.62. The minimum atomic E-state index is -0.481. The predicted molar refractivity (Wildman–Crippen MR) is 181 cm³/mol. The van der Waals surface area contributed by atoms with Crippen LogP contribution in [0.15, 0.2) is 48.5 Å². The Morgan fingerprint density at radius 3 is 1.54 bits per heavy atom. The number of hydrogen-bond donors (Lipinski definition) is 1. The quantitative estimate of drug-likeness (QED) is 0.309. The van der Waals surface area contributed by atoms with E-state index in [0.29, 0.717) is 37.7 Å². The van der Waals surface area contributed by atoms with Crippen molar-refractivity contribution in [1.82, 2.24) is 9.80 Å². The summed E-state index contributed by atoms with van der Waals surface area (Å²) < 4.78 is 15.7. The first-order valence-corrected chi connectivity index (χ1v) is 15.5. The van der Waals surface area contributed by atoms with Crippen molar-refractivity contribution in [3.63, 3.8) is 0 Å². The van der Waals surface area contributed by atoms with E-state index in [1.807, 2.05) is 77.9 Å². The van der Waals surface area contributed by atoms with Gasteiger partial charge in [0.25, 0.3) is 0 Å². The van der Waals surface area contributed by atoms with Crippen molar-refractivity contribution in [3.05, 3.63) is 70.8 Å². The third-order valence-corrected chi connectivity index (χ3v) is 7.76. The van der Waals surface area contributed by atoms with E-state index in [9.17, 15) is 19.5 Å². The van der Waals surface area contributed by atoms with E-state index in [4.69, 9.17) is 14.2 Å². The molecular weight excluding hydrogens is 594 g/mol. The smallest absolute Gasteiger partial charge is 1.00 e. The Hall–Kier alpha value is -2.46. The van der Waals surface area contributed by atoms with Gasteiger partial charge in [-0.05, 0) is 102 Å². The predicted octanol–water partition coefficient (Wildman–Crippen LogP) is 2.81. The molecule has 9 nitrogen and oxygen atoms in total. The van der Waals surface area contributed by atoms with Crippen molar-refractivity contribution in [2.45, 2.75) is 96.9 Å². The second kappa shape index (κ2) is 18.8. The van der Waals surface area contributed by atoms with Crippen molar-refractivity contribution in [3.8, 4) is 0 Å². The van der Waals surface area contributed by atoms with Crippen LogP contribution in [0.5, 0.6) is 0 Å². The summed E-state index contributed by atoms with van der Waals surface area (Å²) in [7, 11) is 1.39. The number of amides is 2. The van der Waals surface area contributed by atoms with Crippen molar-refractivity contribution in [2.24, 2.45) is 0 Å². The number of piperidine rings is 2. The van der Waals surface area contributed by atoms with E-state index in [0.717, 1.165) is 36.8 Å². The first kappa shape index (κ1) is 41.6. The van der Waals surface area contributed by atoms with Gasteiger partial charge in [0.2, 0.25) is 0 Å². The molecule has 250 valence electrons. The van der Waals surface area contributed by atoms with Gasteiger partial charge in [-0.15, -0.1) is 0 Å². The molecule has 2 aromatic rings. The Balaban J connectivity index is 0.000000849. The molecule has 2 aliphatic heterocycles. The van der Waals surface area contributed by atoms with Gasteiger partial charge in [0.15, 0.2) is 17.4 Å². The molecule has 11 heteroatoms. The summed E-state index contributed by atoms with van der Waals surface area (Å²) in [5.74, 6) is 0.353. The van der Waals surface area contributed by atoms with Gasteiger partial charge in [-0.25, -0.2) is 14.4 Å². The minimum absolute atomic E-state index is 0. The van der Waals surface area contributed by atoms with E-state index >= 15 is 0 Å². The second-order valence-corrected chi connectivity index (χ2v) is 13.4. The molecule has 0 spiro atoms. The third kappa shape index (κ3) is 12.6. The molecule has 2 saturated heterocycles. The Morgan fingerprint density at radius 2 is 1.13 bits per heavy atom. The Bertz CT molecular complexity index is 1270. The van der Waals surface area contributed by atoms with E-state index in [-0.39, 0.29) is 68.3 Å². The fourth-order valence-corrected chi connectivity index (χ4v) is 5.62. The summed E-state index contributed by atoms with van der Waals surface area (Å²) in [6, 6.07) is 15.5. The maximum Gasteiger partial charge on any atom is 1.00 e. The molecule has 2 amide bonds. The molecule has 2 fully saturated rings. The molecule has 0 bridgehead atoms. The molecule has 46 heavy (non-hydrogen) atoms. The molecule has 0 saturated carbocycles. The van der Waals surface area contributed by atoms with Crippen LogP contribution in [0.3, 0.4) is 0 Å². The molecule has 2 heterocycles. The van der Waals surface area contributed by atoms with Gasteiger partial charge in [-0.1, -0.05) is 42.5 Å². The normalized spacial score (nSPS) is 15.7. The van der Waals surface area contributed by atoms with Gasteiger partial charge in [0.1, 0.15) is 11.2 Å². The Labute approximate surface area is 299 Å². The zero-order chi connectivity index (χ0) is 32.5. The average molecular weight is 649 g/mol. The van der Waals surface area contributed by atoms with E-state index in [1.54, 1.807) is 15.9 Å². The van der Waals surface area contributed by atoms with Gasteiger partial charge in [-0.3, -0.25) is 0 Å². The van der Waals surface area contributed by atoms with Crippen LogP contribution in [0, 0.1) is 0 Å². The maximum atomic E-state index is 12.1. The van der Waals surface area contributed by atoms with Crippen LogP contribution in [0.4, 0.5) is 9.59 Å². The molecule has 0 aliphatic carbocycles. The largest absolute Gasteiger partial charge is 1.00 e. The number of carbonyl (C=O) groups is 3. The third-order valence-electron chi connectivity index (χ3n) is 7.76. The number of benzene rings is 2. The monoisotopic (exact) mass is 648 g/mol. The summed E-state index contributed by atoms with van der Waals surface area (Å²) in [6.45, 7) is 14.0. The second-order valence-electron chi connectivity index (χ2n) is 13.4. The van der Waals surface area contributed by atoms with Crippen molar-refractivity contribution < 1.29 is 54.0 Å². The minimum Gasteiger partial charge on any atom is -1.00 e. The molecule has 0 aromatic heterocycles. The van der Waals surface area contributed by atoms with Crippen LogP contribution in [-0.4, -0.2) is 94.9 Å². The molecule has 4 rings (SSSR count). The van der Waals surface area contributed by atoms with Gasteiger partial charge in [-0.2, -0.15) is 0 Å². The number of nitrogens with zero attached hydrogens (tertiary/aromatic N) is 2. The van der Waals surface area contributed by atoms with Crippen molar-refractivity contribution >= 4 is 35.5 Å². The van der Waals surface area contributed by atoms with Gasteiger partial charge in [0, 0.05) is 26.2 Å². The first-order chi connectivity index (χ1) is 20.7. The van der Waals surface area contributed by atoms with Crippen LogP contribution in [0.1, 0.15) is 108 Å².